The smallest absolute Gasteiger partial charge is 0.182 e. The molecule has 0 unspecified atom stereocenters. The molecule has 0 aromatic heterocycles. The summed E-state index contributed by atoms with van der Waals surface area (Å²) < 4.78 is 24.6. The van der Waals surface area contributed by atoms with Crippen LogP contribution in [0.1, 0.15) is 5.56 Å². The van der Waals surface area contributed by atoms with Crippen LogP contribution in [0.15, 0.2) is 41.3 Å². The molecule has 106 valence electrons. The number of nitrogens with two attached hydrogens (primary N) is 1. The van der Waals surface area contributed by atoms with Crippen LogP contribution in [0.4, 0.5) is 5.69 Å². The van der Waals surface area contributed by atoms with Crippen molar-refractivity contribution < 1.29 is 8.42 Å². The summed E-state index contributed by atoms with van der Waals surface area (Å²) in [5.74, 6) is -0.188. The maximum absolute atomic E-state index is 12.3. The number of hydrogen-bond acceptors (Lipinski definition) is 3. The Morgan fingerprint density at radius 1 is 0.900 bits per heavy atom. The minimum atomic E-state index is -3.52. The molecule has 0 fully saturated rings. The van der Waals surface area contributed by atoms with Gasteiger partial charge in [-0.3, -0.25) is 0 Å². The molecule has 0 heterocycles. The second kappa shape index (κ2) is 5.82. The first-order chi connectivity index (χ1) is 9.29. The molecule has 2 N–H and O–H groups in total. The second-order valence-electron chi connectivity index (χ2n) is 4.19. The lowest BCUT2D eigenvalue weighted by Crippen LogP contribution is -2.05. The average Bonchev–Trinajstić information content (AvgIpc) is 2.37. The first kappa shape index (κ1) is 15.4. The van der Waals surface area contributed by atoms with Gasteiger partial charge in [-0.15, -0.1) is 0 Å². The molecule has 0 saturated carbocycles. The van der Waals surface area contributed by atoms with Crippen LogP contribution in [-0.2, 0) is 15.6 Å². The maximum atomic E-state index is 12.3. The lowest BCUT2D eigenvalue weighted by molar-refractivity contribution is 0.595. The van der Waals surface area contributed by atoms with Gasteiger partial charge < -0.3 is 5.73 Å². The molecule has 2 aromatic carbocycles. The summed E-state index contributed by atoms with van der Waals surface area (Å²) in [4.78, 5) is 0.112. The van der Waals surface area contributed by atoms with Gasteiger partial charge >= 0.3 is 0 Å². The van der Waals surface area contributed by atoms with Gasteiger partial charge in [-0.2, -0.15) is 0 Å². The average molecular weight is 351 g/mol. The Labute approximate surface area is 132 Å². The van der Waals surface area contributed by atoms with Gasteiger partial charge in [0.15, 0.2) is 9.84 Å². The summed E-state index contributed by atoms with van der Waals surface area (Å²) in [6.07, 6.45) is 0. The molecule has 2 aromatic rings. The van der Waals surface area contributed by atoms with Crippen molar-refractivity contribution in [1.29, 1.82) is 0 Å². The Bertz CT molecular complexity index is 760. The molecule has 0 radical (unpaired) electrons. The van der Waals surface area contributed by atoms with Crippen LogP contribution in [-0.4, -0.2) is 8.42 Å². The van der Waals surface area contributed by atoms with E-state index in [1.165, 1.54) is 24.3 Å². The highest BCUT2D eigenvalue weighted by Gasteiger charge is 2.17. The van der Waals surface area contributed by atoms with Crippen LogP contribution in [0.3, 0.4) is 0 Å². The molecular formula is C13H10Cl3NO2S. The number of hydrogen-bond donors (Lipinski definition) is 1. The van der Waals surface area contributed by atoms with E-state index in [-0.39, 0.29) is 15.7 Å². The quantitative estimate of drug-likeness (QED) is 0.844. The zero-order chi connectivity index (χ0) is 14.9. The fraction of sp³-hybridized carbons (Fsp3) is 0.0769. The summed E-state index contributed by atoms with van der Waals surface area (Å²) in [6.45, 7) is 0. The van der Waals surface area contributed by atoms with Crippen LogP contribution in [0, 0.1) is 0 Å². The van der Waals surface area contributed by atoms with Gasteiger partial charge in [-0.25, -0.2) is 8.42 Å². The minimum Gasteiger partial charge on any atom is -0.398 e. The van der Waals surface area contributed by atoms with Gasteiger partial charge in [-0.05, 0) is 35.9 Å². The van der Waals surface area contributed by atoms with Crippen molar-refractivity contribution in [2.45, 2.75) is 10.6 Å². The van der Waals surface area contributed by atoms with Crippen LogP contribution >= 0.6 is 34.8 Å². The van der Waals surface area contributed by atoms with Crippen LogP contribution in [0.2, 0.25) is 15.1 Å². The van der Waals surface area contributed by atoms with Crippen molar-refractivity contribution in [2.75, 3.05) is 5.73 Å². The maximum Gasteiger partial charge on any atom is 0.182 e. The molecule has 2 rings (SSSR count). The number of benzene rings is 2. The van der Waals surface area contributed by atoms with Gasteiger partial charge in [0.1, 0.15) is 0 Å². The summed E-state index contributed by atoms with van der Waals surface area (Å²) in [5, 5.41) is 0.894. The van der Waals surface area contributed by atoms with Crippen molar-refractivity contribution in [1.82, 2.24) is 0 Å². The van der Waals surface area contributed by atoms with E-state index in [1.54, 1.807) is 12.1 Å². The lowest BCUT2D eigenvalue weighted by Gasteiger charge is -2.07. The first-order valence-electron chi connectivity index (χ1n) is 5.51. The van der Waals surface area contributed by atoms with Crippen molar-refractivity contribution in [3.05, 3.63) is 57.0 Å². The normalized spacial score (nSPS) is 11.6. The van der Waals surface area contributed by atoms with E-state index in [0.29, 0.717) is 21.3 Å². The minimum absolute atomic E-state index is 0.112. The van der Waals surface area contributed by atoms with Gasteiger partial charge in [-0.1, -0.05) is 40.9 Å². The second-order valence-corrected chi connectivity index (χ2v) is 7.40. The molecule has 0 amide bonds. The highest BCUT2D eigenvalue weighted by molar-refractivity contribution is 7.90. The SMILES string of the molecule is Nc1cc(CS(=O)(=O)c2ccc(Cl)c(Cl)c2)ccc1Cl. The van der Waals surface area contributed by atoms with Gasteiger partial charge in [0, 0.05) is 0 Å². The van der Waals surface area contributed by atoms with Crippen molar-refractivity contribution in [2.24, 2.45) is 0 Å². The van der Waals surface area contributed by atoms with Gasteiger partial charge in [0.05, 0.1) is 31.4 Å². The van der Waals surface area contributed by atoms with E-state index in [9.17, 15) is 8.42 Å². The fourth-order valence-corrected chi connectivity index (χ4v) is 3.49. The molecule has 0 spiro atoms. The number of anilines is 1. The van der Waals surface area contributed by atoms with Crippen LogP contribution < -0.4 is 5.73 Å². The third-order valence-corrected chi connectivity index (χ3v) is 5.44. The molecule has 7 heteroatoms. The molecule has 0 bridgehead atoms. The lowest BCUT2D eigenvalue weighted by atomic mass is 10.2. The molecule has 0 saturated heterocycles. The number of sulfone groups is 1. The van der Waals surface area contributed by atoms with Crippen molar-refractivity contribution in [3.63, 3.8) is 0 Å². The summed E-state index contributed by atoms with van der Waals surface area (Å²) in [6, 6.07) is 8.93. The molecule has 0 aliphatic carbocycles. The first-order valence-corrected chi connectivity index (χ1v) is 8.30. The molecule has 0 atom stereocenters. The summed E-state index contributed by atoms with van der Waals surface area (Å²) >= 11 is 17.4. The zero-order valence-corrected chi connectivity index (χ0v) is 13.2. The van der Waals surface area contributed by atoms with E-state index >= 15 is 0 Å². The van der Waals surface area contributed by atoms with Crippen LogP contribution in [0.5, 0.6) is 0 Å². The Balaban J connectivity index is 2.35. The van der Waals surface area contributed by atoms with Crippen LogP contribution in [0.25, 0.3) is 0 Å². The highest BCUT2D eigenvalue weighted by atomic mass is 35.5. The molecular weight excluding hydrogens is 341 g/mol. The fourth-order valence-electron chi connectivity index (χ4n) is 1.66. The van der Waals surface area contributed by atoms with Gasteiger partial charge in [0.2, 0.25) is 0 Å². The van der Waals surface area contributed by atoms with Gasteiger partial charge in [0.25, 0.3) is 0 Å². The van der Waals surface area contributed by atoms with Crippen molar-refractivity contribution >= 4 is 50.3 Å². The Morgan fingerprint density at radius 3 is 2.15 bits per heavy atom. The third-order valence-electron chi connectivity index (χ3n) is 2.67. The molecule has 0 aliphatic rings. The number of rotatable bonds is 3. The predicted molar refractivity (Wildman–Crippen MR) is 83.2 cm³/mol. The van der Waals surface area contributed by atoms with E-state index in [4.69, 9.17) is 40.5 Å². The predicted octanol–water partition coefficient (Wildman–Crippen LogP) is 4.20. The monoisotopic (exact) mass is 349 g/mol. The van der Waals surface area contributed by atoms with E-state index in [2.05, 4.69) is 0 Å². The van der Waals surface area contributed by atoms with E-state index in [0.717, 1.165) is 0 Å². The Hall–Kier alpha value is -0.940. The third kappa shape index (κ3) is 3.38. The Morgan fingerprint density at radius 2 is 1.55 bits per heavy atom. The van der Waals surface area contributed by atoms with Crippen molar-refractivity contribution in [3.8, 4) is 0 Å². The highest BCUT2D eigenvalue weighted by Crippen LogP contribution is 2.27. The number of halogens is 3. The summed E-state index contributed by atoms with van der Waals surface area (Å²) in [7, 11) is -3.52. The largest absolute Gasteiger partial charge is 0.398 e. The summed E-state index contributed by atoms with van der Waals surface area (Å²) in [5.41, 5.74) is 6.55. The zero-order valence-electron chi connectivity index (χ0n) is 10.1. The molecule has 3 nitrogen and oxygen atoms in total. The van der Waals surface area contributed by atoms with E-state index < -0.39 is 9.84 Å². The Kier molecular flexibility index (Phi) is 4.49. The molecule has 20 heavy (non-hydrogen) atoms. The standard InChI is InChI=1S/C13H10Cl3NO2S/c14-10-4-2-9(6-12(10)16)20(18,19)7-8-1-3-11(15)13(17)5-8/h1-6H,7,17H2. The van der Waals surface area contributed by atoms with E-state index in [1.807, 2.05) is 0 Å². The number of nitrogen functional groups attached to an aromatic ring is 1. The molecule has 0 aliphatic heterocycles. The topological polar surface area (TPSA) is 60.2 Å².